The Labute approximate surface area is 144 Å². The smallest absolute Gasteiger partial charge is 0.263 e. The summed E-state index contributed by atoms with van der Waals surface area (Å²) in [4.78, 5) is 30.2. The highest BCUT2D eigenvalue weighted by Crippen LogP contribution is 2.30. The van der Waals surface area contributed by atoms with Crippen LogP contribution >= 0.6 is 11.3 Å². The second kappa shape index (κ2) is 5.98. The lowest BCUT2D eigenvalue weighted by atomic mass is 9.91. The third-order valence-corrected chi connectivity index (χ3v) is 4.96. The maximum atomic E-state index is 12.9. The molecular formula is C19H20N2O2S. The van der Waals surface area contributed by atoms with E-state index in [9.17, 15) is 9.59 Å². The van der Waals surface area contributed by atoms with Gasteiger partial charge in [-0.15, -0.1) is 11.3 Å². The standard InChI is InChI=1S/C19H20N2O2S/c1-12-5-7-13(8-6-12)14-10-24-17-16(14)18(23)21(11-20-17)9-15(22)19(2,3)4/h5-8,10-11H,9H2,1-4H3. The van der Waals surface area contributed by atoms with E-state index in [1.807, 2.05) is 57.3 Å². The Morgan fingerprint density at radius 3 is 2.50 bits per heavy atom. The molecule has 5 heteroatoms. The molecule has 3 aromatic rings. The Bertz CT molecular complexity index is 960. The largest absolute Gasteiger partial charge is 0.297 e. The molecule has 0 aliphatic rings. The minimum absolute atomic E-state index is 0.0119. The number of fused-ring (bicyclic) bond motifs is 1. The van der Waals surface area contributed by atoms with Gasteiger partial charge in [0.2, 0.25) is 0 Å². The number of aryl methyl sites for hydroxylation is 1. The van der Waals surface area contributed by atoms with Crippen LogP contribution in [-0.4, -0.2) is 15.3 Å². The lowest BCUT2D eigenvalue weighted by Gasteiger charge is -2.17. The van der Waals surface area contributed by atoms with Gasteiger partial charge in [-0.2, -0.15) is 0 Å². The molecule has 1 aromatic carbocycles. The number of Topliss-reactive ketones (excluding diaryl/α,β-unsaturated/α-hetero) is 1. The van der Waals surface area contributed by atoms with Crippen molar-refractivity contribution in [2.45, 2.75) is 34.2 Å². The summed E-state index contributed by atoms with van der Waals surface area (Å²) in [6.07, 6.45) is 1.48. The van der Waals surface area contributed by atoms with Crippen molar-refractivity contribution in [1.82, 2.24) is 9.55 Å². The molecule has 0 spiro atoms. The number of nitrogens with zero attached hydrogens (tertiary/aromatic N) is 2. The zero-order valence-corrected chi connectivity index (χ0v) is 15.1. The summed E-state index contributed by atoms with van der Waals surface area (Å²) in [6.45, 7) is 7.65. The van der Waals surface area contributed by atoms with Crippen molar-refractivity contribution in [2.24, 2.45) is 5.41 Å². The van der Waals surface area contributed by atoms with Gasteiger partial charge in [0.25, 0.3) is 5.56 Å². The predicted octanol–water partition coefficient (Wildman–Crippen LogP) is 4.05. The molecule has 0 atom stereocenters. The Morgan fingerprint density at radius 2 is 1.88 bits per heavy atom. The van der Waals surface area contributed by atoms with Crippen LogP contribution in [0.25, 0.3) is 21.3 Å². The summed E-state index contributed by atoms with van der Waals surface area (Å²) < 4.78 is 1.42. The van der Waals surface area contributed by atoms with E-state index >= 15 is 0 Å². The molecular weight excluding hydrogens is 320 g/mol. The highest BCUT2D eigenvalue weighted by Gasteiger charge is 2.22. The third kappa shape index (κ3) is 3.04. The van der Waals surface area contributed by atoms with Crippen molar-refractivity contribution < 1.29 is 4.79 Å². The number of ketones is 1. The van der Waals surface area contributed by atoms with Gasteiger partial charge in [0.15, 0.2) is 5.78 Å². The van der Waals surface area contributed by atoms with E-state index in [-0.39, 0.29) is 17.9 Å². The summed E-state index contributed by atoms with van der Waals surface area (Å²) in [6, 6.07) is 8.07. The van der Waals surface area contributed by atoms with Crippen LogP contribution in [0.2, 0.25) is 0 Å². The first kappa shape index (κ1) is 16.6. The van der Waals surface area contributed by atoms with Crippen molar-refractivity contribution in [3.05, 3.63) is 51.9 Å². The van der Waals surface area contributed by atoms with Crippen LogP contribution in [0.5, 0.6) is 0 Å². The molecule has 2 heterocycles. The van der Waals surface area contributed by atoms with E-state index in [0.29, 0.717) is 10.2 Å². The van der Waals surface area contributed by atoms with Gasteiger partial charge in [0.1, 0.15) is 4.83 Å². The fraction of sp³-hybridized carbons (Fsp3) is 0.316. The first-order valence-corrected chi connectivity index (χ1v) is 8.72. The molecule has 2 aromatic heterocycles. The zero-order valence-electron chi connectivity index (χ0n) is 14.3. The van der Waals surface area contributed by atoms with E-state index in [0.717, 1.165) is 11.1 Å². The molecule has 0 aliphatic heterocycles. The highest BCUT2D eigenvalue weighted by atomic mass is 32.1. The molecule has 0 radical (unpaired) electrons. The van der Waals surface area contributed by atoms with Gasteiger partial charge in [-0.3, -0.25) is 14.2 Å². The second-order valence-corrected chi connectivity index (χ2v) is 7.90. The SMILES string of the molecule is Cc1ccc(-c2csc3ncn(CC(=O)C(C)(C)C)c(=O)c23)cc1. The number of rotatable bonds is 3. The van der Waals surface area contributed by atoms with E-state index in [1.54, 1.807) is 0 Å². The molecule has 4 nitrogen and oxygen atoms in total. The van der Waals surface area contributed by atoms with Crippen LogP contribution in [0.4, 0.5) is 0 Å². The molecule has 0 saturated heterocycles. The van der Waals surface area contributed by atoms with E-state index in [1.165, 1.54) is 27.8 Å². The van der Waals surface area contributed by atoms with Crippen LogP contribution in [0, 0.1) is 12.3 Å². The number of carbonyl (C=O) groups is 1. The van der Waals surface area contributed by atoms with E-state index in [2.05, 4.69) is 4.98 Å². The fourth-order valence-corrected chi connectivity index (χ4v) is 3.32. The highest BCUT2D eigenvalue weighted by molar-refractivity contribution is 7.17. The van der Waals surface area contributed by atoms with Crippen LogP contribution in [0.1, 0.15) is 26.3 Å². The van der Waals surface area contributed by atoms with Gasteiger partial charge in [0, 0.05) is 16.4 Å². The number of thiophene rings is 1. The van der Waals surface area contributed by atoms with Crippen molar-refractivity contribution in [1.29, 1.82) is 0 Å². The molecule has 0 aliphatic carbocycles. The summed E-state index contributed by atoms with van der Waals surface area (Å²) in [5.74, 6) is 0.0119. The maximum absolute atomic E-state index is 12.9. The first-order valence-electron chi connectivity index (χ1n) is 7.84. The van der Waals surface area contributed by atoms with Crippen LogP contribution in [0.15, 0.2) is 40.8 Å². The van der Waals surface area contributed by atoms with Crippen molar-refractivity contribution >= 4 is 27.3 Å². The Hall–Kier alpha value is -2.27. The molecule has 3 rings (SSSR count). The second-order valence-electron chi connectivity index (χ2n) is 7.05. The van der Waals surface area contributed by atoms with Gasteiger partial charge >= 0.3 is 0 Å². The lowest BCUT2D eigenvalue weighted by Crippen LogP contribution is -2.30. The predicted molar refractivity (Wildman–Crippen MR) is 98.5 cm³/mol. The van der Waals surface area contributed by atoms with Gasteiger partial charge in [0.05, 0.1) is 18.3 Å². The van der Waals surface area contributed by atoms with Gasteiger partial charge in [-0.25, -0.2) is 4.98 Å². The molecule has 0 fully saturated rings. The van der Waals surface area contributed by atoms with Crippen molar-refractivity contribution in [3.63, 3.8) is 0 Å². The topological polar surface area (TPSA) is 52.0 Å². The number of hydrogen-bond donors (Lipinski definition) is 0. The van der Waals surface area contributed by atoms with E-state index in [4.69, 9.17) is 0 Å². The lowest BCUT2D eigenvalue weighted by molar-refractivity contribution is -0.126. The summed E-state index contributed by atoms with van der Waals surface area (Å²) >= 11 is 1.45. The molecule has 0 N–H and O–H groups in total. The van der Waals surface area contributed by atoms with Crippen LogP contribution in [0.3, 0.4) is 0 Å². The van der Waals surface area contributed by atoms with E-state index < -0.39 is 5.41 Å². The molecule has 24 heavy (non-hydrogen) atoms. The molecule has 124 valence electrons. The van der Waals surface area contributed by atoms with Crippen molar-refractivity contribution in [2.75, 3.05) is 0 Å². The summed E-state index contributed by atoms with van der Waals surface area (Å²) in [5.41, 5.74) is 2.40. The molecule has 0 saturated carbocycles. The Morgan fingerprint density at radius 1 is 1.21 bits per heavy atom. The normalized spacial score (nSPS) is 11.8. The molecule has 0 bridgehead atoms. The molecule has 0 amide bonds. The van der Waals surface area contributed by atoms with Gasteiger partial charge < -0.3 is 0 Å². The average molecular weight is 340 g/mol. The fourth-order valence-electron chi connectivity index (χ4n) is 2.42. The quantitative estimate of drug-likeness (QED) is 0.723. The zero-order chi connectivity index (χ0) is 17.5. The third-order valence-electron chi connectivity index (χ3n) is 4.07. The Kier molecular flexibility index (Phi) is 4.13. The van der Waals surface area contributed by atoms with Gasteiger partial charge in [-0.1, -0.05) is 50.6 Å². The Balaban J connectivity index is 2.11. The van der Waals surface area contributed by atoms with Gasteiger partial charge in [-0.05, 0) is 12.5 Å². The molecule has 0 unspecified atom stereocenters. The number of hydrogen-bond acceptors (Lipinski definition) is 4. The van der Waals surface area contributed by atoms with Crippen molar-refractivity contribution in [3.8, 4) is 11.1 Å². The summed E-state index contributed by atoms with van der Waals surface area (Å²) in [7, 11) is 0. The average Bonchev–Trinajstić information content (AvgIpc) is 2.94. The first-order chi connectivity index (χ1) is 11.3. The maximum Gasteiger partial charge on any atom is 0.263 e. The summed E-state index contributed by atoms with van der Waals surface area (Å²) in [5, 5.41) is 2.55. The number of aromatic nitrogens is 2. The van der Waals surface area contributed by atoms with Crippen LogP contribution in [-0.2, 0) is 11.3 Å². The minimum atomic E-state index is -0.483. The monoisotopic (exact) mass is 340 g/mol. The minimum Gasteiger partial charge on any atom is -0.297 e. The number of benzene rings is 1. The number of carbonyl (C=O) groups excluding carboxylic acids is 1. The van der Waals surface area contributed by atoms with Crippen LogP contribution < -0.4 is 5.56 Å².